The van der Waals surface area contributed by atoms with Crippen LogP contribution in [0.3, 0.4) is 0 Å². The zero-order chi connectivity index (χ0) is 13.1. The normalized spacial score (nSPS) is 19.0. The predicted molar refractivity (Wildman–Crippen MR) is 80.2 cm³/mol. The second kappa shape index (κ2) is 5.75. The molecule has 1 aliphatic rings. The maximum absolute atomic E-state index is 3.96. The first-order chi connectivity index (χ1) is 9.31. The number of aromatic amines is 1. The van der Waals surface area contributed by atoms with Crippen LogP contribution in [-0.2, 0) is 6.54 Å². The van der Waals surface area contributed by atoms with E-state index in [1.54, 1.807) is 6.20 Å². The Morgan fingerprint density at radius 1 is 1.32 bits per heavy atom. The fourth-order valence-electron chi connectivity index (χ4n) is 2.45. The van der Waals surface area contributed by atoms with E-state index >= 15 is 0 Å². The Balaban J connectivity index is 1.53. The minimum absolute atomic E-state index is 0.548. The first kappa shape index (κ1) is 12.7. The molecule has 1 aromatic heterocycles. The van der Waals surface area contributed by atoms with Crippen LogP contribution in [0.2, 0.25) is 0 Å². The summed E-state index contributed by atoms with van der Waals surface area (Å²) in [5.74, 6) is 0. The third-order valence-corrected chi connectivity index (χ3v) is 4.05. The third-order valence-electron chi connectivity index (χ3n) is 3.52. The SMILES string of the molecule is Brc1ccc(N2CCC(NCc3ccn[nH]3)C2)cc1. The largest absolute Gasteiger partial charge is 0.370 e. The topological polar surface area (TPSA) is 44.0 Å². The molecule has 1 aromatic carbocycles. The molecule has 5 heteroatoms. The van der Waals surface area contributed by atoms with Crippen LogP contribution in [0.1, 0.15) is 12.1 Å². The van der Waals surface area contributed by atoms with Crippen LogP contribution in [0.25, 0.3) is 0 Å². The maximum Gasteiger partial charge on any atom is 0.0490 e. The summed E-state index contributed by atoms with van der Waals surface area (Å²) in [6.07, 6.45) is 2.98. The Morgan fingerprint density at radius 2 is 2.16 bits per heavy atom. The number of anilines is 1. The van der Waals surface area contributed by atoms with Crippen molar-refractivity contribution in [3.05, 3.63) is 46.7 Å². The van der Waals surface area contributed by atoms with Crippen LogP contribution in [0, 0.1) is 0 Å². The van der Waals surface area contributed by atoms with E-state index in [-0.39, 0.29) is 0 Å². The summed E-state index contributed by atoms with van der Waals surface area (Å²) < 4.78 is 1.13. The van der Waals surface area contributed by atoms with Gasteiger partial charge in [0.25, 0.3) is 0 Å². The van der Waals surface area contributed by atoms with Crippen LogP contribution in [0.4, 0.5) is 5.69 Å². The second-order valence-electron chi connectivity index (χ2n) is 4.87. The number of H-pyrrole nitrogens is 1. The molecule has 0 spiro atoms. The number of benzene rings is 1. The molecule has 0 saturated carbocycles. The Bertz CT molecular complexity index is 509. The van der Waals surface area contributed by atoms with Crippen molar-refractivity contribution in [2.24, 2.45) is 0 Å². The van der Waals surface area contributed by atoms with Gasteiger partial charge in [-0.15, -0.1) is 0 Å². The summed E-state index contributed by atoms with van der Waals surface area (Å²) >= 11 is 3.47. The van der Waals surface area contributed by atoms with Crippen molar-refractivity contribution in [1.29, 1.82) is 0 Å². The molecule has 1 atom stereocenters. The predicted octanol–water partition coefficient (Wildman–Crippen LogP) is 2.54. The maximum atomic E-state index is 3.96. The van der Waals surface area contributed by atoms with E-state index in [4.69, 9.17) is 0 Å². The van der Waals surface area contributed by atoms with Gasteiger partial charge in [-0.2, -0.15) is 5.10 Å². The van der Waals surface area contributed by atoms with Crippen LogP contribution >= 0.6 is 15.9 Å². The zero-order valence-corrected chi connectivity index (χ0v) is 12.2. The Kier molecular flexibility index (Phi) is 3.84. The molecule has 19 heavy (non-hydrogen) atoms. The number of nitrogens with one attached hydrogen (secondary N) is 2. The van der Waals surface area contributed by atoms with Gasteiger partial charge in [0.15, 0.2) is 0 Å². The standard InChI is InChI=1S/C14H17BrN4/c15-11-1-3-14(4-2-11)19-8-6-13(10-19)16-9-12-5-7-17-18-12/h1-5,7,13,16H,6,8-10H2,(H,17,18). The summed E-state index contributed by atoms with van der Waals surface area (Å²) in [6.45, 7) is 3.04. The molecule has 0 bridgehead atoms. The van der Waals surface area contributed by atoms with E-state index in [9.17, 15) is 0 Å². The molecule has 0 aliphatic carbocycles. The van der Waals surface area contributed by atoms with Gasteiger partial charge in [0.05, 0.1) is 0 Å². The summed E-state index contributed by atoms with van der Waals surface area (Å²) in [7, 11) is 0. The second-order valence-corrected chi connectivity index (χ2v) is 5.79. The molecule has 2 N–H and O–H groups in total. The highest BCUT2D eigenvalue weighted by molar-refractivity contribution is 9.10. The first-order valence-electron chi connectivity index (χ1n) is 6.53. The van der Waals surface area contributed by atoms with E-state index in [2.05, 4.69) is 60.6 Å². The lowest BCUT2D eigenvalue weighted by Crippen LogP contribution is -2.32. The lowest BCUT2D eigenvalue weighted by molar-refractivity contribution is 0.545. The average Bonchev–Trinajstić information content (AvgIpc) is 3.09. The minimum Gasteiger partial charge on any atom is -0.370 e. The molecule has 3 rings (SSSR count). The summed E-state index contributed by atoms with van der Waals surface area (Å²) in [5, 5.41) is 10.5. The van der Waals surface area contributed by atoms with Gasteiger partial charge in [-0.05, 0) is 36.8 Å². The van der Waals surface area contributed by atoms with Gasteiger partial charge < -0.3 is 10.2 Å². The number of nitrogens with zero attached hydrogens (tertiary/aromatic N) is 2. The Morgan fingerprint density at radius 3 is 2.89 bits per heavy atom. The molecule has 1 fully saturated rings. The van der Waals surface area contributed by atoms with Crippen LogP contribution in [0.15, 0.2) is 41.0 Å². The quantitative estimate of drug-likeness (QED) is 0.910. The minimum atomic E-state index is 0.548. The van der Waals surface area contributed by atoms with Gasteiger partial charge in [0, 0.05) is 47.7 Å². The van der Waals surface area contributed by atoms with E-state index in [0.717, 1.165) is 29.8 Å². The fourth-order valence-corrected chi connectivity index (χ4v) is 2.72. The summed E-state index contributed by atoms with van der Waals surface area (Å²) in [6, 6.07) is 11.1. The van der Waals surface area contributed by atoms with Crippen molar-refractivity contribution < 1.29 is 0 Å². The van der Waals surface area contributed by atoms with Crippen molar-refractivity contribution in [3.8, 4) is 0 Å². The summed E-state index contributed by atoms with van der Waals surface area (Å²) in [5.41, 5.74) is 2.44. The zero-order valence-electron chi connectivity index (χ0n) is 10.6. The van der Waals surface area contributed by atoms with E-state index in [1.165, 1.54) is 12.1 Å². The third kappa shape index (κ3) is 3.16. The molecule has 1 aliphatic heterocycles. The highest BCUT2D eigenvalue weighted by Gasteiger charge is 2.22. The smallest absolute Gasteiger partial charge is 0.0490 e. The molecule has 1 saturated heterocycles. The van der Waals surface area contributed by atoms with Gasteiger partial charge in [-0.25, -0.2) is 0 Å². The number of halogens is 1. The molecular formula is C14H17BrN4. The summed E-state index contributed by atoms with van der Waals surface area (Å²) in [4.78, 5) is 2.43. The number of hydrogen-bond acceptors (Lipinski definition) is 3. The van der Waals surface area contributed by atoms with Gasteiger partial charge >= 0.3 is 0 Å². The Hall–Kier alpha value is -1.33. The average molecular weight is 321 g/mol. The molecule has 100 valence electrons. The highest BCUT2D eigenvalue weighted by atomic mass is 79.9. The molecular weight excluding hydrogens is 304 g/mol. The van der Waals surface area contributed by atoms with Crippen molar-refractivity contribution in [2.75, 3.05) is 18.0 Å². The molecule has 1 unspecified atom stereocenters. The van der Waals surface area contributed by atoms with Crippen LogP contribution in [0.5, 0.6) is 0 Å². The lowest BCUT2D eigenvalue weighted by atomic mass is 10.2. The number of aromatic nitrogens is 2. The molecule has 2 heterocycles. The number of rotatable bonds is 4. The van der Waals surface area contributed by atoms with Crippen molar-refractivity contribution in [1.82, 2.24) is 15.5 Å². The van der Waals surface area contributed by atoms with Crippen LogP contribution in [-0.4, -0.2) is 29.3 Å². The van der Waals surface area contributed by atoms with Crippen molar-refractivity contribution >= 4 is 21.6 Å². The van der Waals surface area contributed by atoms with Crippen LogP contribution < -0.4 is 10.2 Å². The van der Waals surface area contributed by atoms with Crippen molar-refractivity contribution in [3.63, 3.8) is 0 Å². The molecule has 0 radical (unpaired) electrons. The Labute approximate surface area is 121 Å². The van der Waals surface area contributed by atoms with Gasteiger partial charge in [-0.1, -0.05) is 15.9 Å². The molecule has 0 amide bonds. The molecule has 4 nitrogen and oxygen atoms in total. The van der Waals surface area contributed by atoms with Gasteiger partial charge in [0.1, 0.15) is 0 Å². The van der Waals surface area contributed by atoms with Crippen molar-refractivity contribution in [2.45, 2.75) is 19.0 Å². The fraction of sp³-hybridized carbons (Fsp3) is 0.357. The van der Waals surface area contributed by atoms with Gasteiger partial charge in [-0.3, -0.25) is 5.10 Å². The van der Waals surface area contributed by atoms with Gasteiger partial charge in [0.2, 0.25) is 0 Å². The van der Waals surface area contributed by atoms with E-state index < -0.39 is 0 Å². The van der Waals surface area contributed by atoms with E-state index in [1.807, 2.05) is 6.07 Å². The highest BCUT2D eigenvalue weighted by Crippen LogP contribution is 2.22. The lowest BCUT2D eigenvalue weighted by Gasteiger charge is -2.19. The first-order valence-corrected chi connectivity index (χ1v) is 7.33. The van der Waals surface area contributed by atoms with E-state index in [0.29, 0.717) is 6.04 Å². The number of hydrogen-bond donors (Lipinski definition) is 2. The molecule has 2 aromatic rings. The monoisotopic (exact) mass is 320 g/mol.